The molecule has 1 rings (SSSR count). The monoisotopic (exact) mass is 262 g/mol. The molecule has 0 aliphatic heterocycles. The number of aryl methyl sites for hydroxylation is 1. The molecule has 2 nitrogen and oxygen atoms in total. The van der Waals surface area contributed by atoms with E-state index < -0.39 is 0 Å². The van der Waals surface area contributed by atoms with Crippen LogP contribution in [0.3, 0.4) is 0 Å². The third-order valence-electron chi connectivity index (χ3n) is 3.71. The average molecular weight is 262 g/mol. The summed E-state index contributed by atoms with van der Waals surface area (Å²) in [7, 11) is 0. The Morgan fingerprint density at radius 2 is 1.89 bits per heavy atom. The summed E-state index contributed by atoms with van der Waals surface area (Å²) in [5, 5.41) is 3.47. The molecule has 0 aliphatic rings. The number of nitrogens with one attached hydrogen (secondary N) is 1. The summed E-state index contributed by atoms with van der Waals surface area (Å²) in [6.07, 6.45) is 3.85. The van der Waals surface area contributed by atoms with Crippen LogP contribution in [0.2, 0.25) is 0 Å². The van der Waals surface area contributed by atoms with Crippen molar-refractivity contribution in [3.05, 3.63) is 29.8 Å². The van der Waals surface area contributed by atoms with Crippen LogP contribution in [-0.4, -0.2) is 25.7 Å². The minimum atomic E-state index is 0.651. The van der Waals surface area contributed by atoms with Crippen molar-refractivity contribution in [2.45, 2.75) is 53.0 Å². The van der Waals surface area contributed by atoms with Crippen LogP contribution in [0.25, 0.3) is 0 Å². The Hall–Kier alpha value is -1.02. The Labute approximate surface area is 119 Å². The fourth-order valence-electron chi connectivity index (χ4n) is 2.57. The molecule has 0 fully saturated rings. The lowest BCUT2D eigenvalue weighted by Gasteiger charge is -2.25. The van der Waals surface area contributed by atoms with Crippen LogP contribution in [0, 0.1) is 6.92 Å². The number of rotatable bonds is 9. The third-order valence-corrected chi connectivity index (χ3v) is 3.71. The van der Waals surface area contributed by atoms with Gasteiger partial charge < -0.3 is 10.2 Å². The fraction of sp³-hybridized carbons (Fsp3) is 0.647. The van der Waals surface area contributed by atoms with E-state index in [1.807, 2.05) is 0 Å². The molecular weight excluding hydrogens is 232 g/mol. The number of benzene rings is 1. The molecule has 19 heavy (non-hydrogen) atoms. The lowest BCUT2D eigenvalue weighted by Crippen LogP contribution is -2.27. The first-order valence-corrected chi connectivity index (χ1v) is 7.73. The van der Waals surface area contributed by atoms with Crippen molar-refractivity contribution in [1.29, 1.82) is 0 Å². The molecule has 0 saturated heterocycles. The van der Waals surface area contributed by atoms with Crippen molar-refractivity contribution in [2.24, 2.45) is 0 Å². The second-order valence-electron chi connectivity index (χ2n) is 5.32. The van der Waals surface area contributed by atoms with Gasteiger partial charge in [-0.25, -0.2) is 0 Å². The molecule has 1 aromatic rings. The number of hydrogen-bond donors (Lipinski definition) is 1. The normalized spacial score (nSPS) is 12.4. The van der Waals surface area contributed by atoms with Crippen LogP contribution in [0.5, 0.6) is 0 Å². The molecule has 0 spiro atoms. The van der Waals surface area contributed by atoms with E-state index in [-0.39, 0.29) is 0 Å². The largest absolute Gasteiger partial charge is 0.372 e. The standard InChI is InChI=1S/C17H30N2/c1-5-18-16(4)12-9-10-14-19(6-2)17-13-8-7-11-15(17)3/h7-8,11,13,16,18H,5-6,9-10,12,14H2,1-4H3. The molecule has 0 aromatic heterocycles. The Morgan fingerprint density at radius 3 is 2.53 bits per heavy atom. The van der Waals surface area contributed by atoms with E-state index >= 15 is 0 Å². The van der Waals surface area contributed by atoms with Gasteiger partial charge in [0.1, 0.15) is 0 Å². The van der Waals surface area contributed by atoms with Gasteiger partial charge in [-0.2, -0.15) is 0 Å². The van der Waals surface area contributed by atoms with Crippen molar-refractivity contribution < 1.29 is 0 Å². The Morgan fingerprint density at radius 1 is 1.16 bits per heavy atom. The molecule has 0 amide bonds. The number of hydrogen-bond acceptors (Lipinski definition) is 2. The molecule has 0 radical (unpaired) electrons. The Bertz CT molecular complexity index is 349. The van der Waals surface area contributed by atoms with Crippen molar-refractivity contribution in [2.75, 3.05) is 24.5 Å². The van der Waals surface area contributed by atoms with Gasteiger partial charge in [0.2, 0.25) is 0 Å². The molecule has 1 unspecified atom stereocenters. The van der Waals surface area contributed by atoms with Crippen LogP contribution in [-0.2, 0) is 0 Å². The first kappa shape index (κ1) is 16.0. The summed E-state index contributed by atoms with van der Waals surface area (Å²) >= 11 is 0. The molecule has 0 bridgehead atoms. The predicted molar refractivity (Wildman–Crippen MR) is 86.1 cm³/mol. The van der Waals surface area contributed by atoms with Crippen LogP contribution in [0.15, 0.2) is 24.3 Å². The SMILES string of the molecule is CCNC(C)CCCCN(CC)c1ccccc1C. The summed E-state index contributed by atoms with van der Waals surface area (Å²) < 4.78 is 0. The van der Waals surface area contributed by atoms with E-state index in [2.05, 4.69) is 62.2 Å². The Balaban J connectivity index is 2.36. The highest BCUT2D eigenvalue weighted by Gasteiger charge is 2.06. The zero-order chi connectivity index (χ0) is 14.1. The fourth-order valence-corrected chi connectivity index (χ4v) is 2.57. The summed E-state index contributed by atoms with van der Waals surface area (Å²) in [5.74, 6) is 0. The van der Waals surface area contributed by atoms with Gasteiger partial charge in [-0.05, 0) is 51.8 Å². The van der Waals surface area contributed by atoms with Crippen molar-refractivity contribution in [3.63, 3.8) is 0 Å². The minimum absolute atomic E-state index is 0.651. The Kier molecular flexibility index (Phi) is 7.57. The quantitative estimate of drug-likeness (QED) is 0.677. The predicted octanol–water partition coefficient (Wildman–Crippen LogP) is 3.99. The van der Waals surface area contributed by atoms with Gasteiger partial charge in [-0.3, -0.25) is 0 Å². The van der Waals surface area contributed by atoms with Gasteiger partial charge in [0, 0.05) is 24.8 Å². The smallest absolute Gasteiger partial charge is 0.0395 e. The molecule has 0 saturated carbocycles. The van der Waals surface area contributed by atoms with Crippen LogP contribution in [0.1, 0.15) is 45.6 Å². The van der Waals surface area contributed by atoms with Gasteiger partial charge in [-0.1, -0.05) is 31.5 Å². The highest BCUT2D eigenvalue weighted by molar-refractivity contribution is 5.52. The molecule has 0 heterocycles. The highest BCUT2D eigenvalue weighted by atomic mass is 15.1. The average Bonchev–Trinajstić information content (AvgIpc) is 2.40. The second kappa shape index (κ2) is 8.98. The highest BCUT2D eigenvalue weighted by Crippen LogP contribution is 2.19. The van der Waals surface area contributed by atoms with E-state index in [4.69, 9.17) is 0 Å². The molecule has 1 aromatic carbocycles. The van der Waals surface area contributed by atoms with E-state index in [0.717, 1.165) is 13.1 Å². The van der Waals surface area contributed by atoms with Gasteiger partial charge in [0.05, 0.1) is 0 Å². The maximum Gasteiger partial charge on any atom is 0.0395 e. The van der Waals surface area contributed by atoms with E-state index in [1.54, 1.807) is 0 Å². The zero-order valence-electron chi connectivity index (χ0n) is 13.1. The lowest BCUT2D eigenvalue weighted by atomic mass is 10.1. The summed E-state index contributed by atoms with van der Waals surface area (Å²) in [6.45, 7) is 12.2. The lowest BCUT2D eigenvalue weighted by molar-refractivity contribution is 0.501. The maximum atomic E-state index is 3.47. The molecule has 0 aliphatic carbocycles. The van der Waals surface area contributed by atoms with E-state index in [9.17, 15) is 0 Å². The zero-order valence-corrected chi connectivity index (χ0v) is 13.1. The van der Waals surface area contributed by atoms with Gasteiger partial charge >= 0.3 is 0 Å². The summed E-state index contributed by atoms with van der Waals surface area (Å²) in [4.78, 5) is 2.49. The molecule has 2 heteroatoms. The molecule has 1 atom stereocenters. The van der Waals surface area contributed by atoms with Crippen molar-refractivity contribution in [3.8, 4) is 0 Å². The molecular formula is C17H30N2. The van der Waals surface area contributed by atoms with E-state index in [0.29, 0.717) is 6.04 Å². The minimum Gasteiger partial charge on any atom is -0.372 e. The first-order valence-electron chi connectivity index (χ1n) is 7.73. The number of anilines is 1. The topological polar surface area (TPSA) is 15.3 Å². The number of unbranched alkanes of at least 4 members (excludes halogenated alkanes) is 1. The van der Waals surface area contributed by atoms with Gasteiger partial charge in [-0.15, -0.1) is 0 Å². The van der Waals surface area contributed by atoms with Gasteiger partial charge in [0.15, 0.2) is 0 Å². The third kappa shape index (κ3) is 5.65. The second-order valence-corrected chi connectivity index (χ2v) is 5.32. The van der Waals surface area contributed by atoms with Crippen LogP contribution < -0.4 is 10.2 Å². The molecule has 108 valence electrons. The summed E-state index contributed by atoms with van der Waals surface area (Å²) in [6, 6.07) is 9.34. The molecule has 1 N–H and O–H groups in total. The number of para-hydroxylation sites is 1. The van der Waals surface area contributed by atoms with E-state index in [1.165, 1.54) is 37.1 Å². The van der Waals surface area contributed by atoms with Crippen LogP contribution >= 0.6 is 0 Å². The number of nitrogens with zero attached hydrogens (tertiary/aromatic N) is 1. The van der Waals surface area contributed by atoms with Crippen molar-refractivity contribution >= 4 is 5.69 Å². The van der Waals surface area contributed by atoms with Crippen molar-refractivity contribution in [1.82, 2.24) is 5.32 Å². The first-order chi connectivity index (χ1) is 9.19. The maximum absolute atomic E-state index is 3.47. The van der Waals surface area contributed by atoms with Crippen LogP contribution in [0.4, 0.5) is 5.69 Å². The van der Waals surface area contributed by atoms with Gasteiger partial charge in [0.25, 0.3) is 0 Å². The summed E-state index contributed by atoms with van der Waals surface area (Å²) in [5.41, 5.74) is 2.77.